The van der Waals surface area contributed by atoms with Crippen molar-refractivity contribution in [1.82, 2.24) is 0 Å². The normalized spacial score (nSPS) is 14.2. The van der Waals surface area contributed by atoms with Crippen LogP contribution in [0.2, 0.25) is 0 Å². The van der Waals surface area contributed by atoms with Crippen LogP contribution < -0.4 is 9.80 Å². The van der Waals surface area contributed by atoms with E-state index in [0.29, 0.717) is 13.2 Å². The summed E-state index contributed by atoms with van der Waals surface area (Å²) in [6.45, 7) is 0.544. The first-order chi connectivity index (χ1) is 7.63. The molecular weight excluding hydrogens is 204 g/mol. The lowest BCUT2D eigenvalue weighted by Crippen LogP contribution is -2.20. The van der Waals surface area contributed by atoms with E-state index < -0.39 is 0 Å². The Morgan fingerprint density at radius 2 is 2.25 bits per heavy atom. The van der Waals surface area contributed by atoms with Gasteiger partial charge in [-0.05, 0) is 23.8 Å². The Kier molecular flexibility index (Phi) is 2.83. The number of carbonyl (C=O) groups is 1. The molecule has 0 bridgehead atoms. The molecule has 0 saturated carbocycles. The monoisotopic (exact) mass is 220 g/mol. The third-order valence-electron chi connectivity index (χ3n) is 2.90. The molecule has 0 fully saturated rings. The van der Waals surface area contributed by atoms with Crippen LogP contribution in [0.1, 0.15) is 5.56 Å². The van der Waals surface area contributed by atoms with Gasteiger partial charge in [0.25, 0.3) is 0 Å². The number of hydrogen-bond acceptors (Lipinski definition) is 3. The van der Waals surface area contributed by atoms with Gasteiger partial charge in [-0.15, -0.1) is 0 Å². The van der Waals surface area contributed by atoms with Crippen molar-refractivity contribution in [3.8, 4) is 0 Å². The molecular formula is C12H16N2O2. The van der Waals surface area contributed by atoms with E-state index in [4.69, 9.17) is 4.74 Å². The average Bonchev–Trinajstić information content (AvgIpc) is 2.55. The number of rotatable bonds is 3. The number of ether oxygens (including phenoxy) is 1. The molecule has 0 atom stereocenters. The highest BCUT2D eigenvalue weighted by molar-refractivity contribution is 6.01. The first kappa shape index (κ1) is 11.0. The fourth-order valence-corrected chi connectivity index (χ4v) is 1.96. The highest BCUT2D eigenvalue weighted by Gasteiger charge is 2.24. The Bertz CT molecular complexity index is 417. The van der Waals surface area contributed by atoms with Crippen molar-refractivity contribution in [2.45, 2.75) is 6.42 Å². The molecule has 0 saturated heterocycles. The minimum absolute atomic E-state index is 0.154. The molecule has 2 rings (SSSR count). The molecule has 1 heterocycles. The van der Waals surface area contributed by atoms with E-state index in [1.807, 2.05) is 31.1 Å². The number of likely N-dealkylation sites (N-methyl/N-ethyl adjacent to an activating group) is 1. The number of benzene rings is 1. The van der Waals surface area contributed by atoms with Crippen molar-refractivity contribution in [3.05, 3.63) is 23.8 Å². The van der Waals surface area contributed by atoms with E-state index in [1.165, 1.54) is 0 Å². The van der Waals surface area contributed by atoms with Crippen LogP contribution in [0.4, 0.5) is 11.4 Å². The molecule has 0 aliphatic carbocycles. The van der Waals surface area contributed by atoms with Crippen molar-refractivity contribution in [2.24, 2.45) is 0 Å². The second kappa shape index (κ2) is 4.14. The fraction of sp³-hybridized carbons (Fsp3) is 0.417. The lowest BCUT2D eigenvalue weighted by molar-refractivity contribution is -0.117. The number of carbonyl (C=O) groups excluding carboxylic acids is 1. The van der Waals surface area contributed by atoms with Crippen molar-refractivity contribution < 1.29 is 9.53 Å². The van der Waals surface area contributed by atoms with Crippen LogP contribution in [0.25, 0.3) is 0 Å². The molecule has 1 aliphatic rings. The second-order valence-electron chi connectivity index (χ2n) is 4.06. The highest BCUT2D eigenvalue weighted by atomic mass is 16.5. The van der Waals surface area contributed by atoms with Gasteiger partial charge in [0.15, 0.2) is 0 Å². The quantitative estimate of drug-likeness (QED) is 0.719. The topological polar surface area (TPSA) is 32.8 Å². The summed E-state index contributed by atoms with van der Waals surface area (Å²) >= 11 is 0. The zero-order chi connectivity index (χ0) is 11.7. The summed E-state index contributed by atoms with van der Waals surface area (Å²) in [4.78, 5) is 15.2. The molecule has 0 radical (unpaired) electrons. The number of nitrogens with zero attached hydrogens (tertiary/aromatic N) is 2. The first-order valence-electron chi connectivity index (χ1n) is 5.23. The maximum atomic E-state index is 11.5. The molecule has 0 N–H and O–H groups in total. The molecule has 0 spiro atoms. The van der Waals surface area contributed by atoms with Crippen LogP contribution in [0.3, 0.4) is 0 Å². The molecule has 0 unspecified atom stereocenters. The maximum Gasteiger partial charge on any atom is 0.231 e. The summed E-state index contributed by atoms with van der Waals surface area (Å²) in [6.07, 6.45) is 0.500. The molecule has 4 nitrogen and oxygen atoms in total. The number of amides is 1. The fourth-order valence-electron chi connectivity index (χ4n) is 1.96. The van der Waals surface area contributed by atoms with Gasteiger partial charge < -0.3 is 14.5 Å². The Morgan fingerprint density at radius 1 is 1.50 bits per heavy atom. The van der Waals surface area contributed by atoms with Gasteiger partial charge in [0, 0.05) is 32.6 Å². The lowest BCUT2D eigenvalue weighted by Gasteiger charge is -2.19. The largest absolute Gasteiger partial charge is 0.364 e. The smallest absolute Gasteiger partial charge is 0.231 e. The third-order valence-corrected chi connectivity index (χ3v) is 2.90. The highest BCUT2D eigenvalue weighted by Crippen LogP contribution is 2.30. The molecule has 1 amide bonds. The second-order valence-corrected chi connectivity index (χ2v) is 4.06. The number of fused-ring (bicyclic) bond motifs is 1. The molecule has 1 aromatic carbocycles. The average molecular weight is 220 g/mol. The summed E-state index contributed by atoms with van der Waals surface area (Å²) in [6, 6.07) is 6.05. The van der Waals surface area contributed by atoms with Gasteiger partial charge in [0.05, 0.1) is 6.42 Å². The van der Waals surface area contributed by atoms with Gasteiger partial charge >= 0.3 is 0 Å². The molecule has 16 heavy (non-hydrogen) atoms. The predicted octanol–water partition coefficient (Wildman–Crippen LogP) is 1.25. The first-order valence-corrected chi connectivity index (χ1v) is 5.23. The summed E-state index contributed by atoms with van der Waals surface area (Å²) in [7, 11) is 5.44. The van der Waals surface area contributed by atoms with Gasteiger partial charge in [0.1, 0.15) is 6.73 Å². The molecule has 0 aromatic heterocycles. The standard InChI is InChI=1S/C12H16N2O2/c1-13(8-16-3)10-4-5-11-9(6-10)7-12(15)14(11)2/h4-6H,7-8H2,1-3H3. The summed E-state index contributed by atoms with van der Waals surface area (Å²) in [5, 5.41) is 0. The van der Waals surface area contributed by atoms with Crippen LogP contribution in [0, 0.1) is 0 Å². The molecule has 4 heteroatoms. The van der Waals surface area contributed by atoms with Crippen LogP contribution in [0.5, 0.6) is 0 Å². The van der Waals surface area contributed by atoms with Crippen LogP contribution >= 0.6 is 0 Å². The predicted molar refractivity (Wildman–Crippen MR) is 63.8 cm³/mol. The van der Waals surface area contributed by atoms with Gasteiger partial charge in [-0.25, -0.2) is 0 Å². The molecule has 1 aromatic rings. The number of hydrogen-bond donors (Lipinski definition) is 0. The van der Waals surface area contributed by atoms with Crippen LogP contribution in [-0.4, -0.2) is 33.8 Å². The Labute approximate surface area is 95.4 Å². The lowest BCUT2D eigenvalue weighted by atomic mass is 10.1. The summed E-state index contributed by atoms with van der Waals surface area (Å²) in [5.41, 5.74) is 3.18. The zero-order valence-corrected chi connectivity index (χ0v) is 9.86. The van der Waals surface area contributed by atoms with E-state index >= 15 is 0 Å². The van der Waals surface area contributed by atoms with Gasteiger partial charge in [0.2, 0.25) is 5.91 Å². The third kappa shape index (κ3) is 1.76. The van der Waals surface area contributed by atoms with Gasteiger partial charge in [-0.2, -0.15) is 0 Å². The van der Waals surface area contributed by atoms with Crippen molar-refractivity contribution in [3.63, 3.8) is 0 Å². The van der Waals surface area contributed by atoms with Crippen LogP contribution in [0.15, 0.2) is 18.2 Å². The van der Waals surface area contributed by atoms with Gasteiger partial charge in [-0.3, -0.25) is 4.79 Å². The Morgan fingerprint density at radius 3 is 2.94 bits per heavy atom. The Balaban J connectivity index is 2.28. The van der Waals surface area contributed by atoms with E-state index in [1.54, 1.807) is 12.0 Å². The summed E-state index contributed by atoms with van der Waals surface area (Å²) < 4.78 is 5.07. The molecule has 86 valence electrons. The van der Waals surface area contributed by atoms with Crippen molar-refractivity contribution in [2.75, 3.05) is 37.7 Å². The minimum atomic E-state index is 0.154. The Hall–Kier alpha value is -1.55. The SMILES string of the molecule is COCN(C)c1ccc2c(c1)CC(=O)N2C. The molecule has 1 aliphatic heterocycles. The van der Waals surface area contributed by atoms with Crippen LogP contribution in [-0.2, 0) is 16.0 Å². The van der Waals surface area contributed by atoms with E-state index in [-0.39, 0.29) is 5.91 Å². The van der Waals surface area contributed by atoms with Crippen molar-refractivity contribution in [1.29, 1.82) is 0 Å². The zero-order valence-electron chi connectivity index (χ0n) is 9.86. The number of methoxy groups -OCH3 is 1. The van der Waals surface area contributed by atoms with E-state index in [0.717, 1.165) is 16.9 Å². The summed E-state index contributed by atoms with van der Waals surface area (Å²) in [5.74, 6) is 0.154. The minimum Gasteiger partial charge on any atom is -0.364 e. The van der Waals surface area contributed by atoms with Gasteiger partial charge in [-0.1, -0.05) is 0 Å². The maximum absolute atomic E-state index is 11.5. The van der Waals surface area contributed by atoms with E-state index in [9.17, 15) is 4.79 Å². The van der Waals surface area contributed by atoms with Crippen molar-refractivity contribution >= 4 is 17.3 Å². The van der Waals surface area contributed by atoms with E-state index in [2.05, 4.69) is 6.07 Å². The number of anilines is 2.